The van der Waals surface area contributed by atoms with Crippen LogP contribution in [0.2, 0.25) is 0 Å². The number of fused-ring (bicyclic) bond motifs is 1. The van der Waals surface area contributed by atoms with Crippen LogP contribution in [0.1, 0.15) is 12.8 Å². The summed E-state index contributed by atoms with van der Waals surface area (Å²) in [5.41, 5.74) is 0. The van der Waals surface area contributed by atoms with Crippen molar-refractivity contribution in [3.05, 3.63) is 30.5 Å². The second-order valence-corrected chi connectivity index (χ2v) is 3.95. The Balaban J connectivity index is 2.16. The maximum atomic E-state index is 4.26. The standard InChI is InChI=1S/C12H13N3/c1-2-6-11-10(5-1)9-13-14-12(11)15-7-3-4-8-15/h1-2,5-6,9H,3-4,7-8H2. The monoisotopic (exact) mass is 199 g/mol. The highest BCUT2D eigenvalue weighted by molar-refractivity contribution is 5.91. The molecule has 3 heteroatoms. The van der Waals surface area contributed by atoms with Gasteiger partial charge in [0.05, 0.1) is 6.20 Å². The summed E-state index contributed by atoms with van der Waals surface area (Å²) in [5.74, 6) is 1.05. The van der Waals surface area contributed by atoms with Crippen molar-refractivity contribution < 1.29 is 0 Å². The van der Waals surface area contributed by atoms with E-state index in [-0.39, 0.29) is 0 Å². The van der Waals surface area contributed by atoms with Gasteiger partial charge in [0.15, 0.2) is 5.82 Å². The number of benzene rings is 1. The SMILES string of the molecule is c1ccc2c(N3CCCC3)nncc2c1. The van der Waals surface area contributed by atoms with E-state index in [2.05, 4.69) is 33.3 Å². The third-order valence-electron chi connectivity index (χ3n) is 2.96. The summed E-state index contributed by atoms with van der Waals surface area (Å²) in [5, 5.41) is 10.7. The molecule has 0 saturated carbocycles. The summed E-state index contributed by atoms with van der Waals surface area (Å²) in [6.45, 7) is 2.23. The summed E-state index contributed by atoms with van der Waals surface area (Å²) in [6.07, 6.45) is 4.37. The lowest BCUT2D eigenvalue weighted by Gasteiger charge is -2.17. The number of anilines is 1. The van der Waals surface area contributed by atoms with Gasteiger partial charge in [-0.1, -0.05) is 24.3 Å². The maximum absolute atomic E-state index is 4.26. The molecule has 0 unspecified atom stereocenters. The van der Waals surface area contributed by atoms with Gasteiger partial charge in [-0.3, -0.25) is 0 Å². The minimum Gasteiger partial charge on any atom is -0.355 e. The van der Waals surface area contributed by atoms with Gasteiger partial charge in [-0.15, -0.1) is 5.10 Å². The van der Waals surface area contributed by atoms with Gasteiger partial charge in [-0.2, -0.15) is 5.10 Å². The van der Waals surface area contributed by atoms with E-state index in [0.29, 0.717) is 0 Å². The Labute approximate surface area is 88.7 Å². The Morgan fingerprint density at radius 3 is 2.73 bits per heavy atom. The van der Waals surface area contributed by atoms with Crippen molar-refractivity contribution in [2.24, 2.45) is 0 Å². The van der Waals surface area contributed by atoms with Crippen LogP contribution in [-0.4, -0.2) is 23.3 Å². The fraction of sp³-hybridized carbons (Fsp3) is 0.333. The first-order valence-electron chi connectivity index (χ1n) is 5.40. The molecule has 1 aliphatic rings. The molecule has 0 bridgehead atoms. The van der Waals surface area contributed by atoms with E-state index in [0.717, 1.165) is 18.9 Å². The molecule has 0 radical (unpaired) electrons. The number of hydrogen-bond donors (Lipinski definition) is 0. The van der Waals surface area contributed by atoms with Crippen molar-refractivity contribution in [1.82, 2.24) is 10.2 Å². The molecule has 1 aliphatic heterocycles. The minimum atomic E-state index is 1.05. The predicted octanol–water partition coefficient (Wildman–Crippen LogP) is 2.23. The maximum Gasteiger partial charge on any atom is 0.159 e. The fourth-order valence-corrected chi connectivity index (χ4v) is 2.18. The highest BCUT2D eigenvalue weighted by Gasteiger charge is 2.15. The molecule has 3 rings (SSSR count). The first-order valence-corrected chi connectivity index (χ1v) is 5.40. The highest BCUT2D eigenvalue weighted by Crippen LogP contribution is 2.25. The van der Waals surface area contributed by atoms with Crippen molar-refractivity contribution in [2.45, 2.75) is 12.8 Å². The molecule has 0 spiro atoms. The lowest BCUT2D eigenvalue weighted by molar-refractivity contribution is 0.905. The second-order valence-electron chi connectivity index (χ2n) is 3.95. The van der Waals surface area contributed by atoms with Gasteiger partial charge in [0.2, 0.25) is 0 Å². The first kappa shape index (κ1) is 8.65. The zero-order valence-electron chi connectivity index (χ0n) is 8.56. The van der Waals surface area contributed by atoms with Crippen LogP contribution in [0.4, 0.5) is 5.82 Å². The summed E-state index contributed by atoms with van der Waals surface area (Å²) in [4.78, 5) is 2.33. The summed E-state index contributed by atoms with van der Waals surface area (Å²) in [7, 11) is 0. The van der Waals surface area contributed by atoms with Crippen LogP contribution in [0.3, 0.4) is 0 Å². The van der Waals surface area contributed by atoms with Gasteiger partial charge in [0.25, 0.3) is 0 Å². The van der Waals surface area contributed by atoms with Gasteiger partial charge in [-0.25, -0.2) is 0 Å². The molecule has 1 aromatic heterocycles. The van der Waals surface area contributed by atoms with Crippen molar-refractivity contribution >= 4 is 16.6 Å². The normalized spacial score (nSPS) is 16.1. The van der Waals surface area contributed by atoms with Crippen LogP contribution < -0.4 is 4.90 Å². The van der Waals surface area contributed by atoms with Crippen LogP contribution in [0.5, 0.6) is 0 Å². The van der Waals surface area contributed by atoms with Crippen molar-refractivity contribution in [3.8, 4) is 0 Å². The third kappa shape index (κ3) is 1.44. The zero-order valence-corrected chi connectivity index (χ0v) is 8.56. The quantitative estimate of drug-likeness (QED) is 0.705. The van der Waals surface area contributed by atoms with Crippen LogP contribution >= 0.6 is 0 Å². The molecular formula is C12H13N3. The summed E-state index contributed by atoms with van der Waals surface area (Å²) in [6, 6.07) is 8.31. The van der Waals surface area contributed by atoms with Gasteiger partial charge in [0, 0.05) is 23.9 Å². The predicted molar refractivity (Wildman–Crippen MR) is 61.0 cm³/mol. The molecular weight excluding hydrogens is 186 g/mol. The van der Waals surface area contributed by atoms with Crippen molar-refractivity contribution in [2.75, 3.05) is 18.0 Å². The molecule has 1 saturated heterocycles. The smallest absolute Gasteiger partial charge is 0.159 e. The molecule has 1 fully saturated rings. The number of nitrogens with zero attached hydrogens (tertiary/aromatic N) is 3. The van der Waals surface area contributed by atoms with E-state index >= 15 is 0 Å². The van der Waals surface area contributed by atoms with Gasteiger partial charge in [0.1, 0.15) is 0 Å². The Kier molecular flexibility index (Phi) is 2.02. The Bertz CT molecular complexity index is 470. The molecule has 0 N–H and O–H groups in total. The Morgan fingerprint density at radius 2 is 1.87 bits per heavy atom. The van der Waals surface area contributed by atoms with E-state index in [1.54, 1.807) is 0 Å². The Hall–Kier alpha value is -1.64. The van der Waals surface area contributed by atoms with Crippen molar-refractivity contribution in [3.63, 3.8) is 0 Å². The van der Waals surface area contributed by atoms with Crippen LogP contribution in [0.25, 0.3) is 10.8 Å². The van der Waals surface area contributed by atoms with E-state index in [9.17, 15) is 0 Å². The zero-order chi connectivity index (χ0) is 10.1. The third-order valence-corrected chi connectivity index (χ3v) is 2.96. The summed E-state index contributed by atoms with van der Waals surface area (Å²) < 4.78 is 0. The average Bonchev–Trinajstić information content (AvgIpc) is 2.82. The Morgan fingerprint density at radius 1 is 1.07 bits per heavy atom. The van der Waals surface area contributed by atoms with E-state index in [1.165, 1.54) is 23.6 Å². The van der Waals surface area contributed by atoms with Gasteiger partial charge in [-0.05, 0) is 12.8 Å². The van der Waals surface area contributed by atoms with Crippen LogP contribution in [-0.2, 0) is 0 Å². The first-order chi connectivity index (χ1) is 7.45. The molecule has 76 valence electrons. The molecule has 1 aromatic carbocycles. The molecule has 2 aromatic rings. The van der Waals surface area contributed by atoms with E-state index in [1.807, 2.05) is 12.3 Å². The molecule has 15 heavy (non-hydrogen) atoms. The lowest BCUT2D eigenvalue weighted by Crippen LogP contribution is -2.19. The molecule has 2 heterocycles. The van der Waals surface area contributed by atoms with E-state index in [4.69, 9.17) is 0 Å². The number of aromatic nitrogens is 2. The lowest BCUT2D eigenvalue weighted by atomic mass is 10.2. The van der Waals surface area contributed by atoms with Crippen LogP contribution in [0.15, 0.2) is 30.5 Å². The highest BCUT2D eigenvalue weighted by atomic mass is 15.3. The van der Waals surface area contributed by atoms with E-state index < -0.39 is 0 Å². The largest absolute Gasteiger partial charge is 0.355 e. The second kappa shape index (κ2) is 3.50. The van der Waals surface area contributed by atoms with Gasteiger partial charge >= 0.3 is 0 Å². The average molecular weight is 199 g/mol. The number of rotatable bonds is 1. The summed E-state index contributed by atoms with van der Waals surface area (Å²) >= 11 is 0. The van der Waals surface area contributed by atoms with Crippen LogP contribution in [0, 0.1) is 0 Å². The molecule has 0 atom stereocenters. The molecule has 0 amide bonds. The topological polar surface area (TPSA) is 29.0 Å². The number of hydrogen-bond acceptors (Lipinski definition) is 3. The molecule has 3 nitrogen and oxygen atoms in total. The molecule has 0 aliphatic carbocycles. The van der Waals surface area contributed by atoms with Crippen molar-refractivity contribution in [1.29, 1.82) is 0 Å². The fourth-order valence-electron chi connectivity index (χ4n) is 2.18. The van der Waals surface area contributed by atoms with Gasteiger partial charge < -0.3 is 4.90 Å². The minimum absolute atomic E-state index is 1.05.